The van der Waals surface area contributed by atoms with E-state index in [-0.39, 0.29) is 29.6 Å². The second-order valence-electron chi connectivity index (χ2n) is 6.26. The predicted octanol–water partition coefficient (Wildman–Crippen LogP) is 3.11. The number of hydrogen-bond acceptors (Lipinski definition) is 4. The van der Waals surface area contributed by atoms with Gasteiger partial charge in [-0.05, 0) is 44.4 Å². The zero-order valence-corrected chi connectivity index (χ0v) is 18.0. The number of carbonyl (C=O) groups excluding carboxylic acids is 1. The molecule has 1 aliphatic heterocycles. The topological polar surface area (TPSA) is 84.0 Å². The van der Waals surface area contributed by atoms with Gasteiger partial charge >= 0.3 is 6.09 Å². The lowest BCUT2D eigenvalue weighted by molar-refractivity contribution is 0.0243. The Morgan fingerprint density at radius 1 is 1.31 bits per heavy atom. The Morgan fingerprint density at radius 3 is 2.62 bits per heavy atom. The number of halogens is 1. The van der Waals surface area contributed by atoms with Crippen LogP contribution in [-0.4, -0.2) is 44.5 Å². The third kappa shape index (κ3) is 7.36. The molecule has 0 radical (unpaired) electrons. The normalized spacial score (nSPS) is 19.4. The third-order valence-electron chi connectivity index (χ3n) is 4.08. The summed E-state index contributed by atoms with van der Waals surface area (Å²) >= 11 is 0. The van der Waals surface area contributed by atoms with Crippen LogP contribution in [0.3, 0.4) is 0 Å². The van der Waals surface area contributed by atoms with Gasteiger partial charge in [0.05, 0.1) is 19.3 Å². The maximum Gasteiger partial charge on any atom is 0.411 e. The first kappa shape index (κ1) is 22.5. The Bertz CT molecular complexity index is 587. The summed E-state index contributed by atoms with van der Waals surface area (Å²) in [5, 5.41) is 9.23. The van der Waals surface area contributed by atoms with Crippen molar-refractivity contribution in [1.82, 2.24) is 10.6 Å². The number of anilines is 1. The second-order valence-corrected chi connectivity index (χ2v) is 6.26. The number of hydrogen-bond donors (Lipinski definition) is 3. The molecule has 1 aromatic carbocycles. The summed E-state index contributed by atoms with van der Waals surface area (Å²) in [4.78, 5) is 15.8. The van der Waals surface area contributed by atoms with Crippen molar-refractivity contribution in [3.63, 3.8) is 0 Å². The number of methoxy groups -OCH3 is 1. The zero-order valence-electron chi connectivity index (χ0n) is 15.6. The molecule has 0 saturated carbocycles. The average Bonchev–Trinajstić information content (AvgIpc) is 3.05. The summed E-state index contributed by atoms with van der Waals surface area (Å²) in [6.07, 6.45) is 1.69. The average molecular weight is 476 g/mol. The van der Waals surface area contributed by atoms with Gasteiger partial charge in [-0.25, -0.2) is 9.79 Å². The molecule has 0 spiro atoms. The predicted molar refractivity (Wildman–Crippen MR) is 114 cm³/mol. The molecule has 1 fully saturated rings. The highest BCUT2D eigenvalue weighted by Gasteiger charge is 2.29. The van der Waals surface area contributed by atoms with Crippen molar-refractivity contribution < 1.29 is 14.3 Å². The highest BCUT2D eigenvalue weighted by atomic mass is 127. The van der Waals surface area contributed by atoms with E-state index in [9.17, 15) is 4.79 Å². The Kier molecular flexibility index (Phi) is 9.71. The minimum Gasteiger partial charge on any atom is -0.453 e. The van der Waals surface area contributed by atoms with Crippen molar-refractivity contribution in [3.05, 3.63) is 29.8 Å². The summed E-state index contributed by atoms with van der Waals surface area (Å²) in [5.41, 5.74) is 1.63. The van der Waals surface area contributed by atoms with Gasteiger partial charge < -0.3 is 20.1 Å². The van der Waals surface area contributed by atoms with E-state index < -0.39 is 6.09 Å². The smallest absolute Gasteiger partial charge is 0.411 e. The van der Waals surface area contributed by atoms with Crippen LogP contribution in [0.4, 0.5) is 10.5 Å². The van der Waals surface area contributed by atoms with Crippen LogP contribution in [0.5, 0.6) is 0 Å². The first-order valence-corrected chi connectivity index (χ1v) is 8.65. The summed E-state index contributed by atoms with van der Waals surface area (Å²) < 4.78 is 10.4. The molecule has 7 nitrogen and oxygen atoms in total. The molecule has 26 heavy (non-hydrogen) atoms. The first-order valence-electron chi connectivity index (χ1n) is 8.65. The number of benzene rings is 1. The van der Waals surface area contributed by atoms with Gasteiger partial charge in [0.25, 0.3) is 0 Å². The van der Waals surface area contributed by atoms with Gasteiger partial charge in [0.1, 0.15) is 0 Å². The molecule has 0 aliphatic carbocycles. The van der Waals surface area contributed by atoms with Gasteiger partial charge in [0, 0.05) is 25.4 Å². The Balaban J connectivity index is 0.00000338. The fraction of sp³-hybridized carbons (Fsp3) is 0.556. The number of aliphatic imine (C=N–C) groups is 1. The number of amides is 1. The molecule has 1 heterocycles. The number of nitrogens with zero attached hydrogens (tertiary/aromatic N) is 1. The van der Waals surface area contributed by atoms with E-state index in [0.29, 0.717) is 12.2 Å². The fourth-order valence-corrected chi connectivity index (χ4v) is 2.62. The molecule has 1 aromatic rings. The van der Waals surface area contributed by atoms with E-state index in [1.165, 1.54) is 7.11 Å². The van der Waals surface area contributed by atoms with E-state index in [2.05, 4.69) is 32.6 Å². The van der Waals surface area contributed by atoms with Crippen molar-refractivity contribution in [3.8, 4) is 0 Å². The van der Waals surface area contributed by atoms with Crippen molar-refractivity contribution in [1.29, 1.82) is 0 Å². The van der Waals surface area contributed by atoms with Crippen LogP contribution in [0.1, 0.15) is 32.3 Å². The molecular weight excluding hydrogens is 447 g/mol. The minimum absolute atomic E-state index is 0. The third-order valence-corrected chi connectivity index (χ3v) is 4.08. The highest BCUT2D eigenvalue weighted by Crippen LogP contribution is 2.23. The van der Waals surface area contributed by atoms with Crippen LogP contribution in [0.15, 0.2) is 29.3 Å². The lowest BCUT2D eigenvalue weighted by Gasteiger charge is -2.24. The Morgan fingerprint density at radius 2 is 2.04 bits per heavy atom. The van der Waals surface area contributed by atoms with E-state index in [0.717, 1.165) is 44.1 Å². The number of rotatable bonds is 6. The number of carbonyl (C=O) groups is 1. The van der Waals surface area contributed by atoms with Crippen LogP contribution in [0.2, 0.25) is 0 Å². The van der Waals surface area contributed by atoms with Gasteiger partial charge in [-0.2, -0.15) is 0 Å². The molecule has 1 atom stereocenters. The fourth-order valence-electron chi connectivity index (χ4n) is 2.62. The minimum atomic E-state index is -0.480. The molecule has 1 aliphatic rings. The van der Waals surface area contributed by atoms with Crippen molar-refractivity contribution in [2.75, 3.05) is 32.1 Å². The van der Waals surface area contributed by atoms with Crippen LogP contribution < -0.4 is 16.0 Å². The molecule has 1 amide bonds. The van der Waals surface area contributed by atoms with Crippen LogP contribution >= 0.6 is 24.0 Å². The van der Waals surface area contributed by atoms with E-state index in [1.54, 1.807) is 0 Å². The molecule has 1 unspecified atom stereocenters. The lowest BCUT2D eigenvalue weighted by atomic mass is 10.0. The SMILES string of the molecule is CCNC(=NCc1ccc(NC(=O)OC)cc1)NCC1(C)CCCO1.I. The molecule has 0 aromatic heterocycles. The monoisotopic (exact) mass is 476 g/mol. The molecule has 1 saturated heterocycles. The van der Waals surface area contributed by atoms with Crippen LogP contribution in [0.25, 0.3) is 0 Å². The van der Waals surface area contributed by atoms with Gasteiger partial charge in [0.15, 0.2) is 5.96 Å². The maximum absolute atomic E-state index is 11.2. The van der Waals surface area contributed by atoms with Gasteiger partial charge in [-0.1, -0.05) is 12.1 Å². The van der Waals surface area contributed by atoms with E-state index in [1.807, 2.05) is 31.2 Å². The molecular formula is C18H29IN4O3. The molecule has 0 bridgehead atoms. The van der Waals surface area contributed by atoms with Crippen molar-refractivity contribution >= 4 is 41.7 Å². The van der Waals surface area contributed by atoms with Crippen LogP contribution in [-0.2, 0) is 16.0 Å². The van der Waals surface area contributed by atoms with Crippen LogP contribution in [0, 0.1) is 0 Å². The van der Waals surface area contributed by atoms with E-state index >= 15 is 0 Å². The summed E-state index contributed by atoms with van der Waals surface area (Å²) in [6.45, 7) is 7.08. The van der Waals surface area contributed by atoms with Crippen molar-refractivity contribution in [2.45, 2.75) is 38.8 Å². The summed E-state index contributed by atoms with van der Waals surface area (Å²) in [7, 11) is 1.34. The van der Waals surface area contributed by atoms with Gasteiger partial charge in [-0.15, -0.1) is 24.0 Å². The molecule has 8 heteroatoms. The quantitative estimate of drug-likeness (QED) is 0.334. The van der Waals surface area contributed by atoms with Gasteiger partial charge in [0.2, 0.25) is 0 Å². The van der Waals surface area contributed by atoms with Crippen molar-refractivity contribution in [2.24, 2.45) is 4.99 Å². The van der Waals surface area contributed by atoms with Gasteiger partial charge in [-0.3, -0.25) is 5.32 Å². The number of guanidine groups is 1. The first-order chi connectivity index (χ1) is 12.0. The summed E-state index contributed by atoms with van der Waals surface area (Å²) in [6, 6.07) is 7.52. The largest absolute Gasteiger partial charge is 0.453 e. The summed E-state index contributed by atoms with van der Waals surface area (Å²) in [5.74, 6) is 0.774. The number of nitrogens with one attached hydrogen (secondary N) is 3. The standard InChI is InChI=1S/C18H28N4O3.HI/c1-4-19-16(21-13-18(2)10-5-11-25-18)20-12-14-6-8-15(9-7-14)22-17(23)24-3;/h6-9H,4-5,10-13H2,1-3H3,(H,22,23)(H2,19,20,21);1H. The second kappa shape index (κ2) is 11.2. The number of ether oxygens (including phenoxy) is 2. The molecule has 3 N–H and O–H groups in total. The maximum atomic E-state index is 11.2. The lowest BCUT2D eigenvalue weighted by Crippen LogP contribution is -2.45. The highest BCUT2D eigenvalue weighted by molar-refractivity contribution is 14.0. The Hall–Kier alpha value is -1.55. The van der Waals surface area contributed by atoms with E-state index in [4.69, 9.17) is 4.74 Å². The zero-order chi connectivity index (χ0) is 18.1. The Labute approximate surface area is 172 Å². The molecule has 146 valence electrons. The molecule has 2 rings (SSSR count).